The Morgan fingerprint density at radius 3 is 2.38 bits per heavy atom. The average molecular weight is 437 g/mol. The van der Waals surface area contributed by atoms with Crippen LogP contribution in [0.5, 0.6) is 11.5 Å². The molecule has 0 aromatic heterocycles. The Labute approximate surface area is 191 Å². The largest absolute Gasteiger partial charge is 0.496 e. The van der Waals surface area contributed by atoms with Gasteiger partial charge in [-0.05, 0) is 40.8 Å². The molecule has 1 aliphatic rings. The lowest BCUT2D eigenvalue weighted by Crippen LogP contribution is -2.48. The van der Waals surface area contributed by atoms with Gasteiger partial charge in [0.05, 0.1) is 37.5 Å². The third kappa shape index (κ3) is 4.25. The number of hydrogen-bond acceptors (Lipinski definition) is 4. The van der Waals surface area contributed by atoms with Crippen LogP contribution in [0.25, 0.3) is 6.08 Å². The van der Waals surface area contributed by atoms with Gasteiger partial charge in [0, 0.05) is 5.56 Å². The molecular formula is C27H36N2O3. The van der Waals surface area contributed by atoms with Crippen LogP contribution in [0.1, 0.15) is 58.1 Å². The van der Waals surface area contributed by atoms with Gasteiger partial charge in [-0.2, -0.15) is 0 Å². The number of para-hydroxylation sites is 1. The number of carbonyl (C=O) groups excluding carboxylic acids is 1. The molecule has 3 rings (SSSR count). The summed E-state index contributed by atoms with van der Waals surface area (Å²) in [6.45, 7) is 8.95. The lowest BCUT2D eigenvalue weighted by molar-refractivity contribution is -0.122. The predicted molar refractivity (Wildman–Crippen MR) is 129 cm³/mol. The molecule has 0 spiro atoms. The van der Waals surface area contributed by atoms with Gasteiger partial charge in [-0.15, -0.1) is 0 Å². The van der Waals surface area contributed by atoms with Crippen molar-refractivity contribution in [2.24, 2.45) is 16.6 Å². The summed E-state index contributed by atoms with van der Waals surface area (Å²) in [5.41, 5.74) is 7.03. The van der Waals surface area contributed by atoms with Gasteiger partial charge in [-0.1, -0.05) is 64.8 Å². The molecule has 0 saturated carbocycles. The first kappa shape index (κ1) is 23.8. The SMILES string of the molecule is CCCCC(C)(C)c1cc(OC)c(C2(C(C)C(N)=O)C=c3ccccc3=NC2)c(OC)c1. The van der Waals surface area contributed by atoms with Crippen LogP contribution < -0.4 is 25.8 Å². The van der Waals surface area contributed by atoms with Crippen molar-refractivity contribution in [3.05, 3.63) is 58.1 Å². The molecule has 5 heteroatoms. The molecule has 2 atom stereocenters. The van der Waals surface area contributed by atoms with Crippen molar-refractivity contribution in [3.8, 4) is 11.5 Å². The van der Waals surface area contributed by atoms with E-state index in [1.54, 1.807) is 14.2 Å². The van der Waals surface area contributed by atoms with E-state index in [0.717, 1.165) is 41.0 Å². The smallest absolute Gasteiger partial charge is 0.221 e. The summed E-state index contributed by atoms with van der Waals surface area (Å²) in [5, 5.41) is 1.89. The fourth-order valence-electron chi connectivity index (χ4n) is 4.70. The highest BCUT2D eigenvalue weighted by Gasteiger charge is 2.44. The zero-order valence-electron chi connectivity index (χ0n) is 20.2. The quantitative estimate of drug-likeness (QED) is 0.652. The molecule has 0 aliphatic carbocycles. The Morgan fingerprint density at radius 2 is 1.81 bits per heavy atom. The van der Waals surface area contributed by atoms with Crippen LogP contribution in [0.3, 0.4) is 0 Å². The molecular weight excluding hydrogens is 400 g/mol. The monoisotopic (exact) mass is 436 g/mol. The first-order valence-corrected chi connectivity index (χ1v) is 11.4. The fourth-order valence-corrected chi connectivity index (χ4v) is 4.70. The average Bonchev–Trinajstić information content (AvgIpc) is 2.80. The molecule has 32 heavy (non-hydrogen) atoms. The zero-order valence-corrected chi connectivity index (χ0v) is 20.2. The molecule has 2 N–H and O–H groups in total. The van der Waals surface area contributed by atoms with E-state index in [9.17, 15) is 4.79 Å². The highest BCUT2D eigenvalue weighted by Crippen LogP contribution is 2.48. The third-order valence-electron chi connectivity index (χ3n) is 6.97. The Morgan fingerprint density at radius 1 is 1.19 bits per heavy atom. The first-order chi connectivity index (χ1) is 15.2. The molecule has 172 valence electrons. The summed E-state index contributed by atoms with van der Waals surface area (Å²) in [6, 6.07) is 12.1. The highest BCUT2D eigenvalue weighted by molar-refractivity contribution is 5.82. The lowest BCUT2D eigenvalue weighted by Gasteiger charge is -2.38. The molecule has 1 aliphatic heterocycles. The van der Waals surface area contributed by atoms with Crippen molar-refractivity contribution in [1.29, 1.82) is 0 Å². The van der Waals surface area contributed by atoms with Crippen molar-refractivity contribution in [1.82, 2.24) is 0 Å². The summed E-state index contributed by atoms with van der Waals surface area (Å²) in [5.74, 6) is 0.499. The molecule has 2 unspecified atom stereocenters. The van der Waals surface area contributed by atoms with Crippen LogP contribution >= 0.6 is 0 Å². The Hall–Kier alpha value is -2.82. The van der Waals surface area contributed by atoms with Gasteiger partial charge < -0.3 is 15.2 Å². The second-order valence-corrected chi connectivity index (χ2v) is 9.43. The molecule has 0 bridgehead atoms. The van der Waals surface area contributed by atoms with E-state index < -0.39 is 11.3 Å². The number of fused-ring (bicyclic) bond motifs is 1. The second kappa shape index (κ2) is 9.35. The molecule has 1 amide bonds. The molecule has 1 heterocycles. The standard InChI is InChI=1S/C27H36N2O3/c1-7-8-13-26(3,4)20-14-22(31-5)24(23(15-20)32-6)27(18(2)25(28)30)16-19-11-9-10-12-21(19)29-17-27/h9-12,14-16,18H,7-8,13,17H2,1-6H3,(H2,28,30). The van der Waals surface area contributed by atoms with Gasteiger partial charge in [0.15, 0.2) is 0 Å². The van der Waals surface area contributed by atoms with Gasteiger partial charge in [-0.3, -0.25) is 9.79 Å². The van der Waals surface area contributed by atoms with Crippen molar-refractivity contribution < 1.29 is 14.3 Å². The number of carbonyl (C=O) groups is 1. The number of benzene rings is 2. The predicted octanol–water partition coefficient (Wildman–Crippen LogP) is 3.64. The molecule has 5 nitrogen and oxygen atoms in total. The van der Waals surface area contributed by atoms with Crippen LogP contribution in [0.4, 0.5) is 0 Å². The number of methoxy groups -OCH3 is 2. The number of amides is 1. The number of primary amides is 1. The van der Waals surface area contributed by atoms with E-state index in [-0.39, 0.29) is 11.3 Å². The van der Waals surface area contributed by atoms with Crippen molar-refractivity contribution in [2.45, 2.75) is 57.8 Å². The van der Waals surface area contributed by atoms with Gasteiger partial charge in [0.25, 0.3) is 0 Å². The maximum atomic E-state index is 12.5. The van der Waals surface area contributed by atoms with E-state index in [4.69, 9.17) is 20.2 Å². The van der Waals surface area contributed by atoms with E-state index >= 15 is 0 Å². The highest BCUT2D eigenvalue weighted by atomic mass is 16.5. The Kier molecular flexibility index (Phi) is 6.97. The van der Waals surface area contributed by atoms with Gasteiger partial charge in [0.2, 0.25) is 5.91 Å². The van der Waals surface area contributed by atoms with Crippen LogP contribution in [0.15, 0.2) is 41.4 Å². The molecule has 0 saturated heterocycles. The molecule has 0 fully saturated rings. The molecule has 2 aromatic rings. The van der Waals surface area contributed by atoms with E-state index in [1.165, 1.54) is 0 Å². The van der Waals surface area contributed by atoms with Gasteiger partial charge >= 0.3 is 0 Å². The number of unbranched alkanes of at least 4 members (excludes halogenated alkanes) is 1. The second-order valence-electron chi connectivity index (χ2n) is 9.43. The number of ether oxygens (including phenoxy) is 2. The summed E-state index contributed by atoms with van der Waals surface area (Å²) in [7, 11) is 3.33. The van der Waals surface area contributed by atoms with Gasteiger partial charge in [-0.25, -0.2) is 0 Å². The number of nitrogens with zero attached hydrogens (tertiary/aromatic N) is 1. The summed E-state index contributed by atoms with van der Waals surface area (Å²) < 4.78 is 11.9. The zero-order chi connectivity index (χ0) is 23.5. The third-order valence-corrected chi connectivity index (χ3v) is 6.97. The van der Waals surface area contributed by atoms with Crippen LogP contribution in [0.2, 0.25) is 0 Å². The number of rotatable bonds is 9. The van der Waals surface area contributed by atoms with Crippen LogP contribution in [-0.4, -0.2) is 26.7 Å². The lowest BCUT2D eigenvalue weighted by atomic mass is 9.67. The maximum Gasteiger partial charge on any atom is 0.221 e. The fraction of sp³-hybridized carbons (Fsp3) is 0.481. The molecule has 0 radical (unpaired) electrons. The Bertz CT molecular complexity index is 1080. The molecule has 2 aromatic carbocycles. The van der Waals surface area contributed by atoms with Crippen LogP contribution in [0, 0.1) is 5.92 Å². The summed E-state index contributed by atoms with van der Waals surface area (Å²) in [4.78, 5) is 17.4. The van der Waals surface area contributed by atoms with Gasteiger partial charge in [0.1, 0.15) is 11.5 Å². The van der Waals surface area contributed by atoms with Crippen molar-refractivity contribution in [3.63, 3.8) is 0 Å². The van der Waals surface area contributed by atoms with E-state index in [1.807, 2.05) is 31.2 Å². The van der Waals surface area contributed by atoms with E-state index in [0.29, 0.717) is 18.0 Å². The first-order valence-electron chi connectivity index (χ1n) is 11.4. The normalized spacial score (nSPS) is 18.7. The number of nitrogens with two attached hydrogens (primary N) is 1. The minimum atomic E-state index is -0.775. The minimum Gasteiger partial charge on any atom is -0.496 e. The summed E-state index contributed by atoms with van der Waals surface area (Å²) >= 11 is 0. The maximum absolute atomic E-state index is 12.5. The van der Waals surface area contributed by atoms with E-state index in [2.05, 4.69) is 39.0 Å². The minimum absolute atomic E-state index is 0.0369. The van der Waals surface area contributed by atoms with Crippen LogP contribution in [-0.2, 0) is 15.6 Å². The van der Waals surface area contributed by atoms with Crippen molar-refractivity contribution in [2.75, 3.05) is 20.8 Å². The topological polar surface area (TPSA) is 73.9 Å². The summed E-state index contributed by atoms with van der Waals surface area (Å²) in [6.07, 6.45) is 5.47. The van der Waals surface area contributed by atoms with Crippen molar-refractivity contribution >= 4 is 12.0 Å². The Balaban J connectivity index is 2.31. The number of hydrogen-bond donors (Lipinski definition) is 1.